The molecule has 2 saturated heterocycles. The van der Waals surface area contributed by atoms with Crippen LogP contribution in [0.5, 0.6) is 5.75 Å². The largest absolute Gasteiger partial charge is 0.489 e. The molecular formula is C31H31ClFN7O2. The number of fused-ring (bicyclic) bond motifs is 1. The molecule has 0 atom stereocenters. The van der Waals surface area contributed by atoms with Crippen LogP contribution in [0.15, 0.2) is 49.1 Å². The molecule has 2 fully saturated rings. The van der Waals surface area contributed by atoms with Crippen molar-refractivity contribution in [2.24, 2.45) is 5.41 Å². The first-order chi connectivity index (χ1) is 20.2. The summed E-state index contributed by atoms with van der Waals surface area (Å²) in [6, 6.07) is 9.47. The molecule has 0 saturated carbocycles. The number of piperidine rings is 1. The number of hydrogen-bond donors (Lipinski definition) is 1. The quantitative estimate of drug-likeness (QED) is 0.280. The van der Waals surface area contributed by atoms with E-state index in [4.69, 9.17) is 21.3 Å². The molecule has 1 aromatic carbocycles. The van der Waals surface area contributed by atoms with E-state index >= 15 is 0 Å². The number of nitrogens with zero attached hydrogens (tertiary/aromatic N) is 6. The fourth-order valence-electron chi connectivity index (χ4n) is 5.70. The van der Waals surface area contributed by atoms with Crippen LogP contribution in [0.25, 0.3) is 16.8 Å². The summed E-state index contributed by atoms with van der Waals surface area (Å²) in [6.45, 7) is 5.99. The minimum Gasteiger partial charge on any atom is -0.489 e. The number of hydrogen-bond acceptors (Lipinski definition) is 8. The Hall–Kier alpha value is -4.07. The van der Waals surface area contributed by atoms with Gasteiger partial charge in [-0.25, -0.2) is 13.9 Å². The molecular weight excluding hydrogens is 557 g/mol. The van der Waals surface area contributed by atoms with Gasteiger partial charge in [-0.2, -0.15) is 10.4 Å². The standard InChI is InChI=1S/C31H31ClFN7O2/c1-20-4-3-5-24(32)28(20)26(41)11-30(2)6-8-39(9-7-30)27-15-36-25(14-37-27)23-10-22(42-19-31(33)17-35-18-31)16-40-29(23)21(12-34)13-38-40/h3-5,10,13-16,35H,6-9,11,17-19H2,1-2H3. The Morgan fingerprint density at radius 2 is 2.00 bits per heavy atom. The van der Waals surface area contributed by atoms with E-state index in [1.165, 1.54) is 6.20 Å². The van der Waals surface area contributed by atoms with Gasteiger partial charge in [0.2, 0.25) is 0 Å². The zero-order valence-electron chi connectivity index (χ0n) is 23.5. The number of ketones is 1. The third-order valence-electron chi connectivity index (χ3n) is 8.39. The highest BCUT2D eigenvalue weighted by Gasteiger charge is 2.38. The van der Waals surface area contributed by atoms with Crippen molar-refractivity contribution in [3.63, 3.8) is 0 Å². The number of nitriles is 1. The molecule has 3 aromatic heterocycles. The second-order valence-electron chi connectivity index (χ2n) is 11.7. The van der Waals surface area contributed by atoms with Crippen molar-refractivity contribution in [1.29, 1.82) is 5.26 Å². The lowest BCUT2D eigenvalue weighted by atomic mass is 9.75. The monoisotopic (exact) mass is 587 g/mol. The fraction of sp³-hybridized carbons (Fsp3) is 0.387. The van der Waals surface area contributed by atoms with Gasteiger partial charge in [-0.05, 0) is 42.9 Å². The predicted molar refractivity (Wildman–Crippen MR) is 158 cm³/mol. The average molecular weight is 588 g/mol. The molecule has 9 nitrogen and oxygen atoms in total. The zero-order chi connectivity index (χ0) is 29.5. The number of alkyl halides is 1. The van der Waals surface area contributed by atoms with Gasteiger partial charge < -0.3 is 15.0 Å². The van der Waals surface area contributed by atoms with Gasteiger partial charge in [-0.15, -0.1) is 0 Å². The number of pyridine rings is 1. The molecule has 1 N–H and O–H groups in total. The number of nitrogens with one attached hydrogen (secondary N) is 1. The van der Waals surface area contributed by atoms with Gasteiger partial charge in [-0.3, -0.25) is 9.78 Å². The lowest BCUT2D eigenvalue weighted by molar-refractivity contribution is 0.0345. The van der Waals surface area contributed by atoms with E-state index in [0.717, 1.165) is 37.3 Å². The molecule has 0 aliphatic carbocycles. The lowest BCUT2D eigenvalue weighted by Gasteiger charge is -2.39. The smallest absolute Gasteiger partial charge is 0.169 e. The summed E-state index contributed by atoms with van der Waals surface area (Å²) in [7, 11) is 0. The van der Waals surface area contributed by atoms with Gasteiger partial charge in [-0.1, -0.05) is 30.7 Å². The molecule has 11 heteroatoms. The van der Waals surface area contributed by atoms with E-state index in [1.807, 2.05) is 19.1 Å². The van der Waals surface area contributed by atoms with Crippen LogP contribution in [-0.4, -0.2) is 63.8 Å². The predicted octanol–water partition coefficient (Wildman–Crippen LogP) is 5.19. The Labute approximate surface area is 248 Å². The third-order valence-corrected chi connectivity index (χ3v) is 8.70. The Morgan fingerprint density at radius 1 is 1.21 bits per heavy atom. The van der Waals surface area contributed by atoms with Gasteiger partial charge in [0.1, 0.15) is 24.2 Å². The highest BCUT2D eigenvalue weighted by atomic mass is 35.5. The van der Waals surface area contributed by atoms with Crippen molar-refractivity contribution in [2.45, 2.75) is 38.8 Å². The number of aryl methyl sites for hydroxylation is 1. The number of anilines is 1. The summed E-state index contributed by atoms with van der Waals surface area (Å²) >= 11 is 6.35. The van der Waals surface area contributed by atoms with E-state index < -0.39 is 5.67 Å². The molecule has 42 heavy (non-hydrogen) atoms. The SMILES string of the molecule is Cc1cccc(Cl)c1C(=O)CC1(C)CCN(c2cnc(-c3cc(OCC4(F)CNC4)cn4ncc(C#N)c34)cn2)CC1. The minimum absolute atomic E-state index is 0.0818. The molecule has 0 bridgehead atoms. The third kappa shape index (κ3) is 5.42. The topological polar surface area (TPSA) is 108 Å². The Morgan fingerprint density at radius 3 is 2.64 bits per heavy atom. The molecule has 0 radical (unpaired) electrons. The van der Waals surface area contributed by atoms with Gasteiger partial charge in [0.05, 0.1) is 46.6 Å². The van der Waals surface area contributed by atoms with E-state index in [0.29, 0.717) is 45.1 Å². The van der Waals surface area contributed by atoms with Crippen LogP contribution in [0.4, 0.5) is 10.2 Å². The highest BCUT2D eigenvalue weighted by molar-refractivity contribution is 6.34. The maximum Gasteiger partial charge on any atom is 0.169 e. The van der Waals surface area contributed by atoms with Crippen molar-refractivity contribution in [1.82, 2.24) is 24.9 Å². The minimum atomic E-state index is -1.40. The van der Waals surface area contributed by atoms with Crippen LogP contribution < -0.4 is 15.0 Å². The molecule has 2 aliphatic heterocycles. The maximum atomic E-state index is 14.5. The fourth-order valence-corrected chi connectivity index (χ4v) is 6.03. The first-order valence-electron chi connectivity index (χ1n) is 14.0. The number of Topliss-reactive ketones (excluding diaryl/α,β-unsaturated/α-hetero) is 1. The molecule has 216 valence electrons. The normalized spacial score (nSPS) is 17.5. The van der Waals surface area contributed by atoms with Crippen LogP contribution in [0.1, 0.15) is 47.7 Å². The average Bonchev–Trinajstić information content (AvgIpc) is 3.38. The van der Waals surface area contributed by atoms with Crippen molar-refractivity contribution in [3.05, 3.63) is 70.8 Å². The number of ether oxygens (including phenoxy) is 1. The maximum absolute atomic E-state index is 14.5. The lowest BCUT2D eigenvalue weighted by Crippen LogP contribution is -2.59. The van der Waals surface area contributed by atoms with Crippen LogP contribution in [-0.2, 0) is 0 Å². The molecule has 2 aliphatic rings. The van der Waals surface area contributed by atoms with E-state index in [2.05, 4.69) is 33.3 Å². The summed E-state index contributed by atoms with van der Waals surface area (Å²) in [5.41, 5.74) is 2.14. The summed E-state index contributed by atoms with van der Waals surface area (Å²) in [4.78, 5) is 24.7. The van der Waals surface area contributed by atoms with Crippen molar-refractivity contribution in [3.8, 4) is 23.1 Å². The summed E-state index contributed by atoms with van der Waals surface area (Å²) < 4.78 is 21.9. The molecule has 0 amide bonds. The number of aromatic nitrogens is 4. The second kappa shape index (κ2) is 11.0. The Balaban J connectivity index is 1.17. The molecule has 6 rings (SSSR count). The summed E-state index contributed by atoms with van der Waals surface area (Å²) in [5.74, 6) is 1.25. The van der Waals surface area contributed by atoms with Crippen LogP contribution in [0.3, 0.4) is 0 Å². The Kier molecular flexibility index (Phi) is 7.33. The zero-order valence-corrected chi connectivity index (χ0v) is 24.3. The molecule has 0 unspecified atom stereocenters. The first-order valence-corrected chi connectivity index (χ1v) is 14.3. The first kappa shape index (κ1) is 28.1. The van der Waals surface area contributed by atoms with E-state index in [9.17, 15) is 14.4 Å². The molecule has 5 heterocycles. The van der Waals surface area contributed by atoms with Crippen molar-refractivity contribution >= 4 is 28.7 Å². The Bertz CT molecular complexity index is 1670. The molecule has 0 spiro atoms. The van der Waals surface area contributed by atoms with E-state index in [-0.39, 0.29) is 30.9 Å². The van der Waals surface area contributed by atoms with Gasteiger partial charge in [0.25, 0.3) is 0 Å². The second-order valence-corrected chi connectivity index (χ2v) is 12.1. The summed E-state index contributed by atoms with van der Waals surface area (Å²) in [5, 5.41) is 17.4. The number of halogens is 2. The summed E-state index contributed by atoms with van der Waals surface area (Å²) in [6.07, 6.45) is 8.62. The van der Waals surface area contributed by atoms with E-state index in [1.54, 1.807) is 35.2 Å². The van der Waals surface area contributed by atoms with Gasteiger partial charge in [0.15, 0.2) is 11.5 Å². The van der Waals surface area contributed by atoms with Crippen molar-refractivity contribution < 1.29 is 13.9 Å². The van der Waals surface area contributed by atoms with Crippen LogP contribution >= 0.6 is 11.6 Å². The number of carbonyl (C=O) groups is 1. The van der Waals surface area contributed by atoms with Gasteiger partial charge in [0, 0.05) is 43.7 Å². The van der Waals surface area contributed by atoms with Crippen LogP contribution in [0, 0.1) is 23.7 Å². The number of rotatable bonds is 8. The number of benzene rings is 1. The van der Waals surface area contributed by atoms with Crippen LogP contribution in [0.2, 0.25) is 5.02 Å². The highest BCUT2D eigenvalue weighted by Crippen LogP contribution is 2.38. The number of carbonyl (C=O) groups excluding carboxylic acids is 1. The van der Waals surface area contributed by atoms with Crippen molar-refractivity contribution in [2.75, 3.05) is 37.7 Å². The molecule has 4 aromatic rings. The van der Waals surface area contributed by atoms with Gasteiger partial charge >= 0.3 is 0 Å².